The zero-order valence-corrected chi connectivity index (χ0v) is 13.7. The van der Waals surface area contributed by atoms with Gasteiger partial charge in [-0.2, -0.15) is 0 Å². The Balaban J connectivity index is 1.46. The Morgan fingerprint density at radius 1 is 1.08 bits per heavy atom. The van der Waals surface area contributed by atoms with E-state index in [0.29, 0.717) is 16.8 Å². The number of hydrogen-bond donors (Lipinski definition) is 1. The van der Waals surface area contributed by atoms with Gasteiger partial charge in [0.05, 0.1) is 12.9 Å². The van der Waals surface area contributed by atoms with Gasteiger partial charge in [0.2, 0.25) is 11.0 Å². The van der Waals surface area contributed by atoms with Crippen LogP contribution in [0.25, 0.3) is 22.5 Å². The molecule has 4 rings (SSSR count). The van der Waals surface area contributed by atoms with Crippen LogP contribution in [0.2, 0.25) is 0 Å². The first-order valence-electron chi connectivity index (χ1n) is 7.36. The third-order valence-electron chi connectivity index (χ3n) is 3.49. The molecule has 120 valence electrons. The van der Waals surface area contributed by atoms with E-state index in [1.54, 1.807) is 7.11 Å². The van der Waals surface area contributed by atoms with Gasteiger partial charge in [-0.25, -0.2) is 9.97 Å². The van der Waals surface area contributed by atoms with Crippen LogP contribution in [0.15, 0.2) is 58.1 Å². The van der Waals surface area contributed by atoms with Gasteiger partial charge in [-0.15, -0.1) is 5.10 Å². The summed E-state index contributed by atoms with van der Waals surface area (Å²) < 4.78 is 10.9. The largest absolute Gasteiger partial charge is 0.497 e. The average Bonchev–Trinajstić information content (AvgIpc) is 3.26. The predicted octanol–water partition coefficient (Wildman–Crippen LogP) is 3.91. The lowest BCUT2D eigenvalue weighted by atomic mass is 10.2. The maximum atomic E-state index is 5.70. The van der Waals surface area contributed by atoms with E-state index in [4.69, 9.17) is 9.15 Å². The molecule has 0 atom stereocenters. The highest BCUT2D eigenvalue weighted by Gasteiger charge is 2.10. The van der Waals surface area contributed by atoms with Crippen molar-refractivity contribution in [3.05, 3.63) is 54.4 Å². The molecule has 0 spiro atoms. The number of H-pyrrole nitrogens is 1. The number of hydrogen-bond acceptors (Lipinski definition) is 6. The van der Waals surface area contributed by atoms with Gasteiger partial charge >= 0.3 is 0 Å². The predicted molar refractivity (Wildman–Crippen MR) is 91.9 cm³/mol. The molecule has 0 unspecified atom stereocenters. The van der Waals surface area contributed by atoms with Gasteiger partial charge in [0.15, 0.2) is 11.4 Å². The Morgan fingerprint density at radius 3 is 2.71 bits per heavy atom. The fourth-order valence-electron chi connectivity index (χ4n) is 2.30. The highest BCUT2D eigenvalue weighted by atomic mass is 32.2. The average molecular weight is 338 g/mol. The van der Waals surface area contributed by atoms with E-state index in [-0.39, 0.29) is 0 Å². The van der Waals surface area contributed by atoms with Crippen molar-refractivity contribution in [3.63, 3.8) is 0 Å². The monoisotopic (exact) mass is 338 g/mol. The van der Waals surface area contributed by atoms with Crippen molar-refractivity contribution in [2.75, 3.05) is 7.11 Å². The molecule has 0 bridgehead atoms. The summed E-state index contributed by atoms with van der Waals surface area (Å²) in [6.45, 7) is 0. The van der Waals surface area contributed by atoms with Gasteiger partial charge in [-0.1, -0.05) is 23.9 Å². The van der Waals surface area contributed by atoms with E-state index in [0.717, 1.165) is 28.2 Å². The number of thioether (sulfide) groups is 1. The molecule has 0 fully saturated rings. The molecule has 7 heteroatoms. The number of oxazole rings is 1. The standard InChI is InChI=1S/C17H14N4O2S/c1-22-12-8-6-11(7-9-12)16-19-17(21-20-16)24-10-15-18-13-4-2-3-5-14(13)23-15/h2-9H,10H2,1H3,(H,19,20,21). The minimum absolute atomic E-state index is 0.578. The van der Waals surface area contributed by atoms with E-state index >= 15 is 0 Å². The van der Waals surface area contributed by atoms with Crippen LogP contribution in [0.1, 0.15) is 5.89 Å². The van der Waals surface area contributed by atoms with E-state index in [1.807, 2.05) is 48.5 Å². The molecule has 0 saturated carbocycles. The van der Waals surface area contributed by atoms with Gasteiger partial charge in [-0.05, 0) is 36.4 Å². The fraction of sp³-hybridized carbons (Fsp3) is 0.118. The normalized spacial score (nSPS) is 11.0. The van der Waals surface area contributed by atoms with Crippen LogP contribution in [-0.2, 0) is 5.75 Å². The summed E-state index contributed by atoms with van der Waals surface area (Å²) >= 11 is 1.48. The van der Waals surface area contributed by atoms with Crippen molar-refractivity contribution in [1.29, 1.82) is 0 Å². The second kappa shape index (κ2) is 6.37. The molecule has 0 aliphatic carbocycles. The Labute approximate surface area is 142 Å². The molecule has 2 aromatic heterocycles. The lowest BCUT2D eigenvalue weighted by Crippen LogP contribution is -1.84. The number of para-hydroxylation sites is 2. The molecule has 0 amide bonds. The van der Waals surface area contributed by atoms with Crippen LogP contribution >= 0.6 is 11.8 Å². The van der Waals surface area contributed by atoms with Crippen molar-refractivity contribution in [1.82, 2.24) is 20.2 Å². The Hall–Kier alpha value is -2.80. The second-order valence-electron chi connectivity index (χ2n) is 5.06. The summed E-state index contributed by atoms with van der Waals surface area (Å²) in [5, 5.41) is 7.83. The zero-order chi connectivity index (χ0) is 16.4. The minimum atomic E-state index is 0.578. The summed E-state index contributed by atoms with van der Waals surface area (Å²) in [4.78, 5) is 8.94. The molecule has 0 radical (unpaired) electrons. The van der Waals surface area contributed by atoms with Gasteiger partial charge in [0, 0.05) is 5.56 Å². The van der Waals surface area contributed by atoms with Crippen molar-refractivity contribution in [3.8, 4) is 17.1 Å². The molecule has 2 aromatic carbocycles. The smallest absolute Gasteiger partial charge is 0.209 e. The number of nitrogens with zero attached hydrogens (tertiary/aromatic N) is 3. The van der Waals surface area contributed by atoms with Crippen LogP contribution in [0, 0.1) is 0 Å². The minimum Gasteiger partial charge on any atom is -0.497 e. The van der Waals surface area contributed by atoms with Crippen molar-refractivity contribution < 1.29 is 9.15 Å². The highest BCUT2D eigenvalue weighted by molar-refractivity contribution is 7.98. The lowest BCUT2D eigenvalue weighted by Gasteiger charge is -1.99. The van der Waals surface area contributed by atoms with Gasteiger partial charge in [0.1, 0.15) is 11.3 Å². The lowest BCUT2D eigenvalue weighted by molar-refractivity contribution is 0.415. The number of fused-ring (bicyclic) bond motifs is 1. The summed E-state index contributed by atoms with van der Waals surface area (Å²) in [5.41, 5.74) is 2.61. The fourth-order valence-corrected chi connectivity index (χ4v) is 2.94. The van der Waals surface area contributed by atoms with Gasteiger partial charge < -0.3 is 9.15 Å². The Morgan fingerprint density at radius 2 is 1.92 bits per heavy atom. The summed E-state index contributed by atoms with van der Waals surface area (Å²) in [5.74, 6) is 2.77. The first-order valence-corrected chi connectivity index (χ1v) is 8.34. The topological polar surface area (TPSA) is 76.8 Å². The number of ether oxygens (including phenoxy) is 1. The van der Waals surface area contributed by atoms with Crippen LogP contribution in [0.3, 0.4) is 0 Å². The second-order valence-corrected chi connectivity index (χ2v) is 6.00. The number of aromatic amines is 1. The van der Waals surface area contributed by atoms with Crippen molar-refractivity contribution in [2.24, 2.45) is 0 Å². The van der Waals surface area contributed by atoms with Crippen LogP contribution in [-0.4, -0.2) is 27.3 Å². The van der Waals surface area contributed by atoms with E-state index in [1.165, 1.54) is 11.8 Å². The molecular formula is C17H14N4O2S. The highest BCUT2D eigenvalue weighted by Crippen LogP contribution is 2.25. The van der Waals surface area contributed by atoms with Gasteiger partial charge in [0.25, 0.3) is 0 Å². The van der Waals surface area contributed by atoms with E-state index in [9.17, 15) is 0 Å². The molecule has 1 N–H and O–H groups in total. The third kappa shape index (κ3) is 2.98. The molecule has 2 heterocycles. The van der Waals surface area contributed by atoms with Crippen molar-refractivity contribution >= 4 is 22.9 Å². The van der Waals surface area contributed by atoms with E-state index < -0.39 is 0 Å². The number of benzene rings is 2. The van der Waals surface area contributed by atoms with Crippen LogP contribution in [0.4, 0.5) is 0 Å². The van der Waals surface area contributed by atoms with E-state index in [2.05, 4.69) is 20.2 Å². The summed E-state index contributed by atoms with van der Waals surface area (Å²) in [7, 11) is 1.64. The quantitative estimate of drug-likeness (QED) is 0.556. The van der Waals surface area contributed by atoms with Crippen LogP contribution < -0.4 is 4.74 Å². The molecule has 0 saturated heterocycles. The first-order chi connectivity index (χ1) is 11.8. The molecule has 24 heavy (non-hydrogen) atoms. The number of rotatable bonds is 5. The SMILES string of the molecule is COc1ccc(-c2nc(SCc3nc4ccccc4o3)n[nH]2)cc1. The maximum Gasteiger partial charge on any atom is 0.209 e. The molecule has 0 aliphatic rings. The Kier molecular flexibility index (Phi) is 3.92. The summed E-state index contributed by atoms with van der Waals surface area (Å²) in [6.07, 6.45) is 0. The maximum absolute atomic E-state index is 5.70. The molecule has 6 nitrogen and oxygen atoms in total. The van der Waals surface area contributed by atoms with Crippen molar-refractivity contribution in [2.45, 2.75) is 10.9 Å². The van der Waals surface area contributed by atoms with Gasteiger partial charge in [-0.3, -0.25) is 5.10 Å². The Bertz CT molecular complexity index is 929. The molecule has 4 aromatic rings. The first kappa shape index (κ1) is 14.8. The molecular weight excluding hydrogens is 324 g/mol. The third-order valence-corrected chi connectivity index (χ3v) is 4.32. The number of methoxy groups -OCH3 is 1. The summed E-state index contributed by atoms with van der Waals surface area (Å²) in [6, 6.07) is 15.4. The zero-order valence-electron chi connectivity index (χ0n) is 12.9. The van der Waals surface area contributed by atoms with Crippen LogP contribution in [0.5, 0.6) is 5.75 Å². The molecule has 0 aliphatic heterocycles. The number of nitrogens with one attached hydrogen (secondary N) is 1. The number of aromatic nitrogens is 4.